The van der Waals surface area contributed by atoms with E-state index in [1.54, 1.807) is 32.9 Å². The molecule has 1 fully saturated rings. The van der Waals surface area contributed by atoms with Gasteiger partial charge in [0.2, 0.25) is 0 Å². The van der Waals surface area contributed by atoms with Gasteiger partial charge in [-0.1, -0.05) is 30.3 Å². The Morgan fingerprint density at radius 3 is 2.51 bits per heavy atom. The Bertz CT molecular complexity index is 1320. The van der Waals surface area contributed by atoms with Gasteiger partial charge in [-0.3, -0.25) is 4.90 Å². The van der Waals surface area contributed by atoms with E-state index in [-0.39, 0.29) is 0 Å². The smallest absolute Gasteiger partial charge is 0.411 e. The Kier molecular flexibility index (Phi) is 6.70. The Hall–Kier alpha value is -3.61. The third-order valence-electron chi connectivity index (χ3n) is 6.07. The van der Waals surface area contributed by atoms with Gasteiger partial charge in [0, 0.05) is 18.5 Å². The molecule has 184 valence electrons. The summed E-state index contributed by atoms with van der Waals surface area (Å²) in [6.07, 6.45) is 1.05. The number of aryl methyl sites for hydroxylation is 2. The molecule has 0 saturated carbocycles. The molecule has 1 saturated heterocycles. The van der Waals surface area contributed by atoms with E-state index in [2.05, 4.69) is 0 Å². The summed E-state index contributed by atoms with van der Waals surface area (Å²) < 4.78 is 17.0. The van der Waals surface area contributed by atoms with Crippen LogP contribution in [-0.2, 0) is 16.0 Å². The fourth-order valence-corrected chi connectivity index (χ4v) is 4.45. The number of esters is 1. The van der Waals surface area contributed by atoms with Crippen LogP contribution in [0.2, 0.25) is 0 Å². The van der Waals surface area contributed by atoms with Gasteiger partial charge in [-0.2, -0.15) is 0 Å². The zero-order chi connectivity index (χ0) is 25.3. The number of benzene rings is 2. The van der Waals surface area contributed by atoms with Gasteiger partial charge < -0.3 is 13.9 Å². The Morgan fingerprint density at radius 2 is 1.83 bits per heavy atom. The second-order valence-corrected chi connectivity index (χ2v) is 10.0. The molecule has 1 aliphatic rings. The number of ether oxygens (including phenoxy) is 2. The molecule has 1 aromatic heterocycles. The number of nitrogens with zero attached hydrogens (tertiary/aromatic N) is 1. The average molecular weight is 478 g/mol. The molecule has 1 aliphatic heterocycles. The zero-order valence-electron chi connectivity index (χ0n) is 20.8. The summed E-state index contributed by atoms with van der Waals surface area (Å²) in [6, 6.07) is 12.4. The molecule has 7 heteroatoms. The van der Waals surface area contributed by atoms with Crippen molar-refractivity contribution in [2.45, 2.75) is 65.5 Å². The number of carbonyl (C=O) groups is 2. The number of rotatable bonds is 4. The van der Waals surface area contributed by atoms with Crippen LogP contribution in [0.3, 0.4) is 0 Å². The summed E-state index contributed by atoms with van der Waals surface area (Å²) in [5, 5.41) is 0.580. The third kappa shape index (κ3) is 5.39. The van der Waals surface area contributed by atoms with E-state index >= 15 is 0 Å². The first-order chi connectivity index (χ1) is 16.5. The molecular weight excluding hydrogens is 446 g/mol. The average Bonchev–Trinajstić information content (AvgIpc) is 3.26. The van der Waals surface area contributed by atoms with Crippen LogP contribution in [0.15, 0.2) is 51.7 Å². The van der Waals surface area contributed by atoms with E-state index in [9.17, 15) is 14.4 Å². The van der Waals surface area contributed by atoms with E-state index in [1.807, 2.05) is 44.2 Å². The molecule has 2 heterocycles. The number of likely N-dealkylation sites (tertiary alicyclic amines) is 1. The van der Waals surface area contributed by atoms with E-state index in [0.717, 1.165) is 11.1 Å². The van der Waals surface area contributed by atoms with Crippen LogP contribution in [0.4, 0.5) is 4.79 Å². The van der Waals surface area contributed by atoms with Crippen molar-refractivity contribution in [2.24, 2.45) is 0 Å². The first-order valence-corrected chi connectivity index (χ1v) is 11.9. The van der Waals surface area contributed by atoms with Crippen LogP contribution < -0.4 is 10.4 Å². The normalized spacial score (nSPS) is 15.9. The predicted octanol–water partition coefficient (Wildman–Crippen LogP) is 5.31. The lowest BCUT2D eigenvalue weighted by Gasteiger charge is -2.27. The van der Waals surface area contributed by atoms with Crippen LogP contribution in [-0.4, -0.2) is 35.2 Å². The van der Waals surface area contributed by atoms with Crippen molar-refractivity contribution in [3.8, 4) is 5.75 Å². The van der Waals surface area contributed by atoms with Crippen molar-refractivity contribution >= 4 is 23.0 Å². The van der Waals surface area contributed by atoms with Gasteiger partial charge in [0.25, 0.3) is 0 Å². The van der Waals surface area contributed by atoms with Crippen molar-refractivity contribution in [3.63, 3.8) is 0 Å². The zero-order valence-corrected chi connectivity index (χ0v) is 20.8. The summed E-state index contributed by atoms with van der Waals surface area (Å²) in [5.41, 5.74) is 2.28. The number of carbonyl (C=O) groups excluding carboxylic acids is 2. The summed E-state index contributed by atoms with van der Waals surface area (Å²) in [5.74, 6) is -0.216. The molecule has 0 bridgehead atoms. The highest BCUT2D eigenvalue weighted by Crippen LogP contribution is 2.33. The van der Waals surface area contributed by atoms with Gasteiger partial charge in [-0.15, -0.1) is 0 Å². The van der Waals surface area contributed by atoms with Gasteiger partial charge >= 0.3 is 17.7 Å². The van der Waals surface area contributed by atoms with Gasteiger partial charge in [0.15, 0.2) is 0 Å². The fourth-order valence-electron chi connectivity index (χ4n) is 4.45. The minimum atomic E-state index is -0.736. The molecule has 1 amide bonds. The minimum absolute atomic E-state index is 0.316. The molecule has 0 N–H and O–H groups in total. The van der Waals surface area contributed by atoms with Crippen molar-refractivity contribution in [1.29, 1.82) is 0 Å². The van der Waals surface area contributed by atoms with Crippen molar-refractivity contribution < 1.29 is 23.5 Å². The largest absolute Gasteiger partial charge is 0.444 e. The maximum Gasteiger partial charge on any atom is 0.411 e. The van der Waals surface area contributed by atoms with Crippen LogP contribution in [0.25, 0.3) is 11.0 Å². The summed E-state index contributed by atoms with van der Waals surface area (Å²) >= 11 is 0. The van der Waals surface area contributed by atoms with Crippen LogP contribution >= 0.6 is 0 Å². The van der Waals surface area contributed by atoms with E-state index in [0.29, 0.717) is 53.7 Å². The van der Waals surface area contributed by atoms with E-state index < -0.39 is 29.3 Å². The third-order valence-corrected chi connectivity index (χ3v) is 6.07. The predicted molar refractivity (Wildman–Crippen MR) is 133 cm³/mol. The van der Waals surface area contributed by atoms with Crippen molar-refractivity contribution in [1.82, 2.24) is 4.90 Å². The number of amides is 1. The van der Waals surface area contributed by atoms with Gasteiger partial charge in [-0.05, 0) is 76.3 Å². The summed E-state index contributed by atoms with van der Waals surface area (Å²) in [4.78, 5) is 40.1. The fraction of sp³-hybridized carbons (Fsp3) is 0.393. The van der Waals surface area contributed by atoms with Crippen LogP contribution in [0, 0.1) is 13.8 Å². The quantitative estimate of drug-likeness (QED) is 0.288. The van der Waals surface area contributed by atoms with Crippen molar-refractivity contribution in [2.75, 3.05) is 6.54 Å². The Morgan fingerprint density at radius 1 is 1.11 bits per heavy atom. The summed E-state index contributed by atoms with van der Waals surface area (Å²) in [7, 11) is 0. The molecule has 0 radical (unpaired) electrons. The van der Waals surface area contributed by atoms with Gasteiger partial charge in [0.05, 0.1) is 5.39 Å². The van der Waals surface area contributed by atoms with Crippen LogP contribution in [0.5, 0.6) is 5.75 Å². The molecule has 3 aromatic rings. The monoisotopic (exact) mass is 477 g/mol. The molecule has 2 aromatic carbocycles. The Balaban J connectivity index is 1.68. The van der Waals surface area contributed by atoms with Crippen molar-refractivity contribution in [3.05, 3.63) is 75.1 Å². The molecule has 0 spiro atoms. The highest BCUT2D eigenvalue weighted by Gasteiger charge is 2.38. The maximum absolute atomic E-state index is 13.2. The molecule has 35 heavy (non-hydrogen) atoms. The molecule has 1 atom stereocenters. The second-order valence-electron chi connectivity index (χ2n) is 10.0. The molecule has 0 unspecified atom stereocenters. The highest BCUT2D eigenvalue weighted by atomic mass is 16.6. The lowest BCUT2D eigenvalue weighted by molar-refractivity contribution is -0.139. The summed E-state index contributed by atoms with van der Waals surface area (Å²) in [6.45, 7) is 9.47. The van der Waals surface area contributed by atoms with Gasteiger partial charge in [-0.25, -0.2) is 14.4 Å². The number of hydrogen-bond acceptors (Lipinski definition) is 6. The standard InChI is InChI=1S/C28H31NO6/c1-17-14-22-24(18(2)20(25(30)33-22)16-19-10-7-6-8-11-19)23(15-17)34-26(31)21-12-9-13-29(21)27(32)35-28(3,4)5/h6-8,10-11,14-15,21H,9,12-13,16H2,1-5H3/t21-/m1/s1. The second kappa shape index (κ2) is 9.56. The molecule has 7 nitrogen and oxygen atoms in total. The lowest BCUT2D eigenvalue weighted by Crippen LogP contribution is -2.44. The first kappa shape index (κ1) is 24.5. The number of fused-ring (bicyclic) bond motifs is 1. The maximum atomic E-state index is 13.2. The topological polar surface area (TPSA) is 86.0 Å². The number of hydrogen-bond donors (Lipinski definition) is 0. The molecule has 4 rings (SSSR count). The van der Waals surface area contributed by atoms with Gasteiger partial charge in [0.1, 0.15) is 23.0 Å². The van der Waals surface area contributed by atoms with E-state index in [4.69, 9.17) is 13.9 Å². The highest BCUT2D eigenvalue weighted by molar-refractivity contribution is 5.92. The minimum Gasteiger partial charge on any atom is -0.444 e. The molecule has 0 aliphatic carbocycles. The Labute approximate surface area is 204 Å². The first-order valence-electron chi connectivity index (χ1n) is 11.9. The lowest BCUT2D eigenvalue weighted by atomic mass is 9.98. The molecular formula is C28H31NO6. The SMILES string of the molecule is Cc1cc(OC(=O)[C@H]2CCCN2C(=O)OC(C)(C)C)c2c(C)c(Cc3ccccc3)c(=O)oc2c1. The van der Waals surface area contributed by atoms with E-state index in [1.165, 1.54) is 4.90 Å². The van der Waals surface area contributed by atoms with Crippen LogP contribution in [0.1, 0.15) is 55.9 Å².